The van der Waals surface area contributed by atoms with Gasteiger partial charge < -0.3 is 9.30 Å². The molecule has 0 atom stereocenters. The van der Waals surface area contributed by atoms with Gasteiger partial charge in [-0.2, -0.15) is 0 Å². The molecule has 0 saturated heterocycles. The van der Waals surface area contributed by atoms with E-state index in [-0.39, 0.29) is 30.1 Å². The Kier molecular flexibility index (Phi) is 7.12. The molecular weight excluding hydrogens is 414 g/mol. The zero-order valence-electron chi connectivity index (χ0n) is 17.9. The van der Waals surface area contributed by atoms with Crippen molar-refractivity contribution in [2.75, 3.05) is 12.9 Å². The molecule has 3 rings (SSSR count). The van der Waals surface area contributed by atoms with Crippen molar-refractivity contribution in [3.8, 4) is 0 Å². The highest BCUT2D eigenvalue weighted by molar-refractivity contribution is 7.99. The normalized spacial score (nSPS) is 10.9. The van der Waals surface area contributed by atoms with Crippen LogP contribution in [0.25, 0.3) is 10.9 Å². The van der Waals surface area contributed by atoms with E-state index < -0.39 is 5.97 Å². The van der Waals surface area contributed by atoms with E-state index in [1.807, 2.05) is 30.5 Å². The number of methoxy groups -OCH3 is 1. The number of thioether (sulfide) groups is 1. The van der Waals surface area contributed by atoms with Crippen molar-refractivity contribution in [2.45, 2.75) is 38.5 Å². The van der Waals surface area contributed by atoms with Crippen LogP contribution in [-0.4, -0.2) is 38.7 Å². The van der Waals surface area contributed by atoms with Crippen molar-refractivity contribution >= 4 is 34.4 Å². The molecular formula is C23H25N3O4S. The number of nitrogens with zero attached hydrogens (tertiary/aromatic N) is 3. The zero-order valence-corrected chi connectivity index (χ0v) is 18.7. The lowest BCUT2D eigenvalue weighted by Crippen LogP contribution is -2.25. The maximum Gasteiger partial charge on any atom is 0.307 e. The van der Waals surface area contributed by atoms with Gasteiger partial charge in [0.1, 0.15) is 0 Å². The molecule has 31 heavy (non-hydrogen) atoms. The summed E-state index contributed by atoms with van der Waals surface area (Å²) in [5.74, 6) is -0.335. The van der Waals surface area contributed by atoms with Crippen LogP contribution in [0.4, 0.5) is 0 Å². The molecule has 0 spiro atoms. The standard InChI is InChI=1S/C23H25N3O4S/c1-5-11-25-15(2)13-18(16(25)3)20(27)14-31-23-24-19-9-7-6-8-17(19)22(29)26(23)12-10-21(28)30-4/h5-9,13H,1,10-12,14H2,2-4H3. The molecule has 2 aromatic heterocycles. The van der Waals surface area contributed by atoms with Gasteiger partial charge in [0.25, 0.3) is 5.56 Å². The van der Waals surface area contributed by atoms with Crippen molar-refractivity contribution in [3.63, 3.8) is 0 Å². The first-order chi connectivity index (χ1) is 14.9. The van der Waals surface area contributed by atoms with Gasteiger partial charge in [-0.3, -0.25) is 19.0 Å². The Morgan fingerprint density at radius 2 is 1.97 bits per heavy atom. The van der Waals surface area contributed by atoms with Crippen molar-refractivity contribution in [1.29, 1.82) is 0 Å². The quantitative estimate of drug-likeness (QED) is 0.167. The molecule has 0 aliphatic rings. The fourth-order valence-electron chi connectivity index (χ4n) is 3.46. The third-order valence-corrected chi connectivity index (χ3v) is 6.09. The summed E-state index contributed by atoms with van der Waals surface area (Å²) in [5.41, 5.74) is 2.84. The summed E-state index contributed by atoms with van der Waals surface area (Å²) in [4.78, 5) is 42.1. The molecule has 8 heteroatoms. The Balaban J connectivity index is 1.90. The van der Waals surface area contributed by atoms with Gasteiger partial charge in [-0.15, -0.1) is 6.58 Å². The summed E-state index contributed by atoms with van der Waals surface area (Å²) in [7, 11) is 1.31. The number of rotatable bonds is 9. The topological polar surface area (TPSA) is 83.2 Å². The number of aromatic nitrogens is 3. The lowest BCUT2D eigenvalue weighted by Gasteiger charge is -2.12. The van der Waals surface area contributed by atoms with Crippen LogP contribution in [0.3, 0.4) is 0 Å². The molecule has 0 radical (unpaired) electrons. The maximum absolute atomic E-state index is 13.0. The molecule has 0 N–H and O–H groups in total. The Morgan fingerprint density at radius 1 is 1.23 bits per heavy atom. The van der Waals surface area contributed by atoms with Gasteiger partial charge in [-0.1, -0.05) is 30.0 Å². The van der Waals surface area contributed by atoms with Crippen LogP contribution >= 0.6 is 11.8 Å². The van der Waals surface area contributed by atoms with Crippen molar-refractivity contribution in [1.82, 2.24) is 14.1 Å². The Labute approximate surface area is 184 Å². The Hall–Kier alpha value is -3.13. The molecule has 2 heterocycles. The molecule has 1 aromatic carbocycles. The number of hydrogen-bond acceptors (Lipinski definition) is 6. The minimum Gasteiger partial charge on any atom is -0.469 e. The highest BCUT2D eigenvalue weighted by Crippen LogP contribution is 2.22. The van der Waals surface area contributed by atoms with E-state index in [1.165, 1.54) is 23.4 Å². The number of aryl methyl sites for hydroxylation is 1. The van der Waals surface area contributed by atoms with Crippen LogP contribution in [0.5, 0.6) is 0 Å². The molecule has 0 aliphatic carbocycles. The van der Waals surface area contributed by atoms with Crippen molar-refractivity contribution in [2.24, 2.45) is 0 Å². The van der Waals surface area contributed by atoms with Gasteiger partial charge in [0.15, 0.2) is 10.9 Å². The van der Waals surface area contributed by atoms with Crippen molar-refractivity contribution < 1.29 is 14.3 Å². The molecule has 7 nitrogen and oxygen atoms in total. The predicted molar refractivity (Wildman–Crippen MR) is 122 cm³/mol. The minimum absolute atomic E-state index is 0.0423. The smallest absolute Gasteiger partial charge is 0.307 e. The average Bonchev–Trinajstić information content (AvgIpc) is 3.05. The Bertz CT molecular complexity index is 1210. The fraction of sp³-hybridized carbons (Fsp3) is 0.304. The first-order valence-electron chi connectivity index (χ1n) is 9.87. The lowest BCUT2D eigenvalue weighted by atomic mass is 10.2. The predicted octanol–water partition coefficient (Wildman–Crippen LogP) is 3.54. The summed E-state index contributed by atoms with van der Waals surface area (Å²) >= 11 is 1.20. The maximum atomic E-state index is 13.0. The molecule has 0 bridgehead atoms. The number of para-hydroxylation sites is 1. The van der Waals surface area contributed by atoms with Crippen LogP contribution in [0.1, 0.15) is 28.2 Å². The van der Waals surface area contributed by atoms with E-state index in [9.17, 15) is 14.4 Å². The first-order valence-corrected chi connectivity index (χ1v) is 10.9. The van der Waals surface area contributed by atoms with Crippen LogP contribution in [-0.2, 0) is 22.6 Å². The summed E-state index contributed by atoms with van der Waals surface area (Å²) in [6, 6.07) is 8.91. The Morgan fingerprint density at radius 3 is 2.68 bits per heavy atom. The van der Waals surface area contributed by atoms with Gasteiger partial charge in [-0.05, 0) is 32.0 Å². The number of allylic oxidation sites excluding steroid dienone is 1. The summed E-state index contributed by atoms with van der Waals surface area (Å²) in [6.45, 7) is 8.40. The highest BCUT2D eigenvalue weighted by Gasteiger charge is 2.18. The number of esters is 1. The van der Waals surface area contributed by atoms with Gasteiger partial charge in [-0.25, -0.2) is 4.98 Å². The third kappa shape index (κ3) is 4.80. The molecule has 162 valence electrons. The number of benzene rings is 1. The van der Waals surface area contributed by atoms with Crippen LogP contribution in [0, 0.1) is 13.8 Å². The number of carbonyl (C=O) groups excluding carboxylic acids is 2. The highest BCUT2D eigenvalue weighted by atomic mass is 32.2. The summed E-state index contributed by atoms with van der Waals surface area (Å²) in [5, 5.41) is 0.872. The van der Waals surface area contributed by atoms with Gasteiger partial charge >= 0.3 is 5.97 Å². The van der Waals surface area contributed by atoms with E-state index in [0.717, 1.165) is 11.4 Å². The molecule has 3 aromatic rings. The second-order valence-electron chi connectivity index (χ2n) is 7.09. The number of Topliss-reactive ketones (excluding diaryl/α,β-unsaturated/α-hetero) is 1. The number of hydrogen-bond donors (Lipinski definition) is 0. The SMILES string of the molecule is C=CCn1c(C)cc(C(=O)CSc2nc3ccccc3c(=O)n2CCC(=O)OC)c1C. The summed E-state index contributed by atoms with van der Waals surface area (Å²) in [6.07, 6.45) is 1.84. The zero-order chi connectivity index (χ0) is 22.5. The molecule has 0 aliphatic heterocycles. The van der Waals surface area contributed by atoms with Gasteiger partial charge in [0.05, 0.1) is 30.2 Å². The molecule has 0 fully saturated rings. The number of ether oxygens (including phenoxy) is 1. The van der Waals surface area contributed by atoms with Crippen LogP contribution in [0.15, 0.2) is 52.9 Å². The number of ketones is 1. The third-order valence-electron chi connectivity index (χ3n) is 5.11. The fourth-order valence-corrected chi connectivity index (χ4v) is 4.37. The van der Waals surface area contributed by atoms with E-state index in [1.54, 1.807) is 24.3 Å². The monoisotopic (exact) mass is 439 g/mol. The van der Waals surface area contributed by atoms with E-state index in [4.69, 9.17) is 4.74 Å². The van der Waals surface area contributed by atoms with E-state index in [0.29, 0.717) is 28.2 Å². The first kappa shape index (κ1) is 22.6. The second-order valence-corrected chi connectivity index (χ2v) is 8.03. The van der Waals surface area contributed by atoms with Crippen molar-refractivity contribution in [3.05, 3.63) is 70.3 Å². The number of carbonyl (C=O) groups is 2. The molecule has 0 saturated carbocycles. The van der Waals surface area contributed by atoms with Crippen LogP contribution < -0.4 is 5.56 Å². The largest absolute Gasteiger partial charge is 0.469 e. The molecule has 0 amide bonds. The summed E-state index contributed by atoms with van der Waals surface area (Å²) < 4.78 is 8.17. The number of fused-ring (bicyclic) bond motifs is 1. The lowest BCUT2D eigenvalue weighted by molar-refractivity contribution is -0.140. The molecule has 0 unspecified atom stereocenters. The van der Waals surface area contributed by atoms with Gasteiger partial charge in [0, 0.05) is 30.0 Å². The van der Waals surface area contributed by atoms with Crippen LogP contribution in [0.2, 0.25) is 0 Å². The van der Waals surface area contributed by atoms with E-state index in [2.05, 4.69) is 11.6 Å². The average molecular weight is 440 g/mol. The van der Waals surface area contributed by atoms with Gasteiger partial charge in [0.2, 0.25) is 0 Å². The van der Waals surface area contributed by atoms with E-state index >= 15 is 0 Å². The second kappa shape index (κ2) is 9.78. The minimum atomic E-state index is -0.415.